The van der Waals surface area contributed by atoms with E-state index in [0.29, 0.717) is 11.6 Å². The van der Waals surface area contributed by atoms with Crippen molar-refractivity contribution in [2.45, 2.75) is 6.92 Å². The summed E-state index contributed by atoms with van der Waals surface area (Å²) < 4.78 is 12.0. The molecular weight excluding hydrogens is 222 g/mol. The predicted molar refractivity (Wildman–Crippen MR) is 59.2 cm³/mol. The van der Waals surface area contributed by atoms with Crippen molar-refractivity contribution < 1.29 is 24.1 Å². The molecule has 0 spiro atoms. The minimum atomic E-state index is 0.122. The molecule has 88 valence electrons. The first-order chi connectivity index (χ1) is 8.20. The predicted octanol–water partition coefficient (Wildman–Crippen LogP) is 0.928. The number of hydrogen-bond donors (Lipinski definition) is 1. The molecule has 0 amide bonds. The monoisotopic (exact) mass is 234 g/mol. The number of ether oxygens (including phenoxy) is 2. The van der Waals surface area contributed by atoms with E-state index in [1.807, 2.05) is 13.0 Å². The molecule has 1 aromatic carbocycles. The summed E-state index contributed by atoms with van der Waals surface area (Å²) in [5, 5.41) is 11.6. The second kappa shape index (κ2) is 3.41. The SMILES string of the molecule is COc1c(O)cc(C)c2cc3[n+](cc12)OCO3. The lowest BCUT2D eigenvalue weighted by Gasteiger charge is -2.08. The van der Waals surface area contributed by atoms with Gasteiger partial charge in [-0.05, 0) is 18.6 Å². The summed E-state index contributed by atoms with van der Waals surface area (Å²) in [5.41, 5.74) is 0.956. The fraction of sp³-hybridized carbons (Fsp3) is 0.250. The molecule has 0 saturated heterocycles. The Hall–Kier alpha value is -2.17. The van der Waals surface area contributed by atoms with Gasteiger partial charge in [0.2, 0.25) is 6.20 Å². The third-order valence-corrected chi connectivity index (χ3v) is 2.88. The Morgan fingerprint density at radius 1 is 1.35 bits per heavy atom. The van der Waals surface area contributed by atoms with Gasteiger partial charge in [0.25, 0.3) is 0 Å². The van der Waals surface area contributed by atoms with Crippen LogP contribution in [0.5, 0.6) is 17.4 Å². The number of aromatic hydroxyl groups is 1. The van der Waals surface area contributed by atoms with Gasteiger partial charge in [0.15, 0.2) is 11.5 Å². The van der Waals surface area contributed by atoms with Crippen molar-refractivity contribution in [2.75, 3.05) is 13.9 Å². The minimum absolute atomic E-state index is 0.122. The summed E-state index contributed by atoms with van der Waals surface area (Å²) in [6.07, 6.45) is 1.75. The largest absolute Gasteiger partial charge is 0.504 e. The number of nitrogens with zero attached hydrogens (tertiary/aromatic N) is 1. The van der Waals surface area contributed by atoms with Gasteiger partial charge in [-0.2, -0.15) is 0 Å². The fourth-order valence-corrected chi connectivity index (χ4v) is 2.07. The van der Waals surface area contributed by atoms with E-state index in [0.717, 1.165) is 16.3 Å². The highest BCUT2D eigenvalue weighted by molar-refractivity contribution is 5.92. The molecule has 3 rings (SSSR count). The lowest BCUT2D eigenvalue weighted by atomic mass is 10.1. The van der Waals surface area contributed by atoms with Crippen molar-refractivity contribution >= 4 is 10.8 Å². The normalized spacial score (nSPS) is 13.1. The van der Waals surface area contributed by atoms with Crippen LogP contribution in [0.1, 0.15) is 5.56 Å². The Labute approximate surface area is 97.7 Å². The molecule has 0 bridgehead atoms. The number of phenolic OH excluding ortho intramolecular Hbond substituents is 1. The molecule has 0 radical (unpaired) electrons. The molecule has 1 aliphatic heterocycles. The van der Waals surface area contributed by atoms with Gasteiger partial charge in [0, 0.05) is 5.39 Å². The lowest BCUT2D eigenvalue weighted by Crippen LogP contribution is -2.36. The Balaban J connectivity index is 2.41. The fourth-order valence-electron chi connectivity index (χ4n) is 2.07. The van der Waals surface area contributed by atoms with Crippen molar-refractivity contribution in [3.8, 4) is 17.4 Å². The molecule has 1 N–H and O–H groups in total. The van der Waals surface area contributed by atoms with Crippen LogP contribution in [-0.4, -0.2) is 19.0 Å². The molecule has 0 fully saturated rings. The Morgan fingerprint density at radius 3 is 2.94 bits per heavy atom. The van der Waals surface area contributed by atoms with Crippen LogP contribution in [0.2, 0.25) is 0 Å². The number of benzene rings is 1. The number of phenols is 1. The van der Waals surface area contributed by atoms with Crippen LogP contribution in [0.3, 0.4) is 0 Å². The summed E-state index contributed by atoms with van der Waals surface area (Å²) in [4.78, 5) is 5.24. The van der Waals surface area contributed by atoms with E-state index >= 15 is 0 Å². The Bertz CT molecular complexity index is 609. The molecule has 2 aromatic rings. The van der Waals surface area contributed by atoms with E-state index in [9.17, 15) is 5.11 Å². The highest BCUT2D eigenvalue weighted by Gasteiger charge is 2.26. The minimum Gasteiger partial charge on any atom is -0.504 e. The zero-order valence-corrected chi connectivity index (χ0v) is 9.56. The quantitative estimate of drug-likeness (QED) is 0.746. The van der Waals surface area contributed by atoms with E-state index in [1.54, 1.807) is 12.3 Å². The van der Waals surface area contributed by atoms with E-state index in [1.165, 1.54) is 11.8 Å². The standard InChI is InChI=1S/C12H11NO4/c1-7-3-10(14)12(15-2)9-5-13-11(4-8(7)9)16-6-17-13/h3-5H,6H2,1-2H3/p+1. The maximum atomic E-state index is 9.83. The summed E-state index contributed by atoms with van der Waals surface area (Å²) in [6, 6.07) is 3.55. The zero-order valence-electron chi connectivity index (χ0n) is 9.56. The van der Waals surface area contributed by atoms with Gasteiger partial charge in [-0.15, -0.1) is 0 Å². The van der Waals surface area contributed by atoms with E-state index in [-0.39, 0.29) is 12.5 Å². The molecule has 5 nitrogen and oxygen atoms in total. The molecule has 1 aromatic heterocycles. The molecule has 0 unspecified atom stereocenters. The third-order valence-electron chi connectivity index (χ3n) is 2.88. The Kier molecular flexibility index (Phi) is 2.01. The van der Waals surface area contributed by atoms with Gasteiger partial charge in [0.05, 0.1) is 23.3 Å². The van der Waals surface area contributed by atoms with Gasteiger partial charge in [-0.25, -0.2) is 4.84 Å². The molecule has 0 aliphatic carbocycles. The average molecular weight is 234 g/mol. The van der Waals surface area contributed by atoms with E-state index in [4.69, 9.17) is 14.3 Å². The van der Waals surface area contributed by atoms with Crippen LogP contribution in [0.25, 0.3) is 10.8 Å². The first-order valence-electron chi connectivity index (χ1n) is 5.23. The van der Waals surface area contributed by atoms with E-state index < -0.39 is 0 Å². The van der Waals surface area contributed by atoms with Crippen LogP contribution in [0, 0.1) is 6.92 Å². The van der Waals surface area contributed by atoms with E-state index in [2.05, 4.69) is 0 Å². The average Bonchev–Trinajstić information content (AvgIpc) is 2.74. The Morgan fingerprint density at radius 2 is 2.18 bits per heavy atom. The second-order valence-corrected chi connectivity index (χ2v) is 3.90. The molecule has 2 heterocycles. The summed E-state index contributed by atoms with van der Waals surface area (Å²) in [5.74, 6) is 1.21. The maximum absolute atomic E-state index is 9.83. The van der Waals surface area contributed by atoms with Gasteiger partial charge in [0.1, 0.15) is 0 Å². The first kappa shape index (κ1) is 10.0. The number of rotatable bonds is 1. The molecular formula is C12H12NO4+. The van der Waals surface area contributed by atoms with Crippen LogP contribution in [0.15, 0.2) is 18.3 Å². The van der Waals surface area contributed by atoms with Crippen molar-refractivity contribution in [3.05, 3.63) is 23.9 Å². The van der Waals surface area contributed by atoms with Crippen molar-refractivity contribution in [3.63, 3.8) is 0 Å². The number of hydrogen-bond acceptors (Lipinski definition) is 4. The van der Waals surface area contributed by atoms with Crippen LogP contribution >= 0.6 is 0 Å². The number of fused-ring (bicyclic) bond motifs is 2. The molecule has 1 aliphatic rings. The first-order valence-corrected chi connectivity index (χ1v) is 5.23. The smallest absolute Gasteiger partial charge is 0.420 e. The van der Waals surface area contributed by atoms with Crippen molar-refractivity contribution in [1.29, 1.82) is 0 Å². The summed E-state index contributed by atoms with van der Waals surface area (Å²) >= 11 is 0. The van der Waals surface area contributed by atoms with Gasteiger partial charge >= 0.3 is 12.7 Å². The van der Waals surface area contributed by atoms with Crippen LogP contribution < -0.4 is 19.0 Å². The van der Waals surface area contributed by atoms with Gasteiger partial charge in [-0.1, -0.05) is 0 Å². The number of pyridine rings is 1. The molecule has 0 atom stereocenters. The lowest BCUT2D eigenvalue weighted by molar-refractivity contribution is -0.872. The highest BCUT2D eigenvalue weighted by atomic mass is 16.8. The van der Waals surface area contributed by atoms with Crippen LogP contribution in [0.4, 0.5) is 0 Å². The van der Waals surface area contributed by atoms with Crippen molar-refractivity contribution in [2.24, 2.45) is 0 Å². The van der Waals surface area contributed by atoms with Crippen molar-refractivity contribution in [1.82, 2.24) is 0 Å². The maximum Gasteiger partial charge on any atom is 0.420 e. The third kappa shape index (κ3) is 1.35. The van der Waals surface area contributed by atoms with Crippen LogP contribution in [-0.2, 0) is 0 Å². The molecule has 0 saturated carbocycles. The number of aryl methyl sites for hydroxylation is 1. The van der Waals surface area contributed by atoms with Gasteiger partial charge in [-0.3, -0.25) is 0 Å². The summed E-state index contributed by atoms with van der Waals surface area (Å²) in [7, 11) is 1.53. The highest BCUT2D eigenvalue weighted by Crippen LogP contribution is 2.37. The topological polar surface area (TPSA) is 51.8 Å². The molecule has 5 heteroatoms. The number of aromatic nitrogens is 1. The molecule has 17 heavy (non-hydrogen) atoms. The second-order valence-electron chi connectivity index (χ2n) is 3.90. The van der Waals surface area contributed by atoms with Gasteiger partial charge < -0.3 is 14.6 Å². The summed E-state index contributed by atoms with van der Waals surface area (Å²) in [6.45, 7) is 2.12. The zero-order chi connectivity index (χ0) is 12.0. The number of methoxy groups -OCH3 is 1.